The van der Waals surface area contributed by atoms with Crippen molar-refractivity contribution in [3.63, 3.8) is 0 Å². The number of primary amides is 2. The molecular weight excluding hydrogens is 462 g/mol. The van der Waals surface area contributed by atoms with Gasteiger partial charge in [0.25, 0.3) is 0 Å². The normalized spacial score (nSPS) is 14.3. The predicted octanol–water partition coefficient (Wildman–Crippen LogP) is -2.83. The number of unbranched alkanes of at least 4 members (excludes halogenated alkanes) is 1. The van der Waals surface area contributed by atoms with Crippen molar-refractivity contribution in [1.29, 1.82) is 0 Å². The Labute approximate surface area is 204 Å². The minimum absolute atomic E-state index is 0.000397. The zero-order valence-corrected chi connectivity index (χ0v) is 20.2. The minimum atomic E-state index is -1.38. The molecule has 0 saturated carbocycles. The van der Waals surface area contributed by atoms with E-state index in [1.54, 1.807) is 13.8 Å². The number of carboxylic acids is 1. The van der Waals surface area contributed by atoms with E-state index in [1.807, 2.05) is 0 Å². The number of carboxylic acid groups (broad SMARTS) is 1. The molecule has 0 aliphatic heterocycles. The molecule has 12 N–H and O–H groups in total. The van der Waals surface area contributed by atoms with Crippen molar-refractivity contribution in [1.82, 2.24) is 16.0 Å². The number of nitrogens with one attached hydrogen (secondary N) is 3. The van der Waals surface area contributed by atoms with Crippen molar-refractivity contribution < 1.29 is 33.9 Å². The fourth-order valence-electron chi connectivity index (χ4n) is 3.06. The van der Waals surface area contributed by atoms with Crippen LogP contribution in [-0.2, 0) is 28.8 Å². The van der Waals surface area contributed by atoms with Gasteiger partial charge in [-0.2, -0.15) is 0 Å². The molecule has 14 nitrogen and oxygen atoms in total. The molecule has 0 rings (SSSR count). The Hall–Kier alpha value is -3.26. The molecule has 4 atom stereocenters. The van der Waals surface area contributed by atoms with Gasteiger partial charge in [-0.25, -0.2) is 4.79 Å². The van der Waals surface area contributed by atoms with Crippen molar-refractivity contribution in [3.05, 3.63) is 0 Å². The summed E-state index contributed by atoms with van der Waals surface area (Å²) in [7, 11) is 0. The number of aliphatic carboxylic acids is 1. The van der Waals surface area contributed by atoms with E-state index in [0.29, 0.717) is 19.4 Å². The van der Waals surface area contributed by atoms with Gasteiger partial charge in [-0.05, 0) is 44.6 Å². The van der Waals surface area contributed by atoms with Crippen molar-refractivity contribution in [2.75, 3.05) is 6.54 Å². The molecule has 0 spiro atoms. The number of carbonyl (C=O) groups excluding carboxylic acids is 5. The van der Waals surface area contributed by atoms with Crippen LogP contribution in [0.4, 0.5) is 0 Å². The van der Waals surface area contributed by atoms with Crippen molar-refractivity contribution in [2.45, 2.75) is 83.0 Å². The lowest BCUT2D eigenvalue weighted by molar-refractivity contribution is -0.142. The molecule has 0 bridgehead atoms. The van der Waals surface area contributed by atoms with Crippen LogP contribution in [0.25, 0.3) is 0 Å². The Morgan fingerprint density at radius 3 is 1.77 bits per heavy atom. The zero-order valence-electron chi connectivity index (χ0n) is 20.2. The monoisotopic (exact) mass is 501 g/mol. The van der Waals surface area contributed by atoms with Crippen LogP contribution in [0.15, 0.2) is 0 Å². The van der Waals surface area contributed by atoms with Crippen LogP contribution < -0.4 is 38.9 Å². The summed E-state index contributed by atoms with van der Waals surface area (Å²) in [6, 6.07) is -4.63. The van der Waals surface area contributed by atoms with Gasteiger partial charge in [0.05, 0.1) is 6.04 Å². The topological polar surface area (TPSA) is 263 Å². The Kier molecular flexibility index (Phi) is 14.9. The van der Waals surface area contributed by atoms with Crippen LogP contribution in [0.3, 0.4) is 0 Å². The Morgan fingerprint density at radius 2 is 1.29 bits per heavy atom. The SMILES string of the molecule is CC(C)C(NC(=O)C(N)CCC(N)=O)C(=O)NC(CCCCN)C(=O)NC(CCC(N)=O)C(=O)O. The van der Waals surface area contributed by atoms with E-state index in [4.69, 9.17) is 22.9 Å². The number of hydrogen-bond donors (Lipinski definition) is 8. The maximum atomic E-state index is 13.0. The van der Waals surface area contributed by atoms with E-state index in [9.17, 15) is 33.9 Å². The highest BCUT2D eigenvalue weighted by Gasteiger charge is 2.31. The van der Waals surface area contributed by atoms with Gasteiger partial charge >= 0.3 is 5.97 Å². The fraction of sp³-hybridized carbons (Fsp3) is 0.714. The molecule has 0 saturated heterocycles. The van der Waals surface area contributed by atoms with Crippen LogP contribution in [-0.4, -0.2) is 71.3 Å². The number of rotatable bonds is 18. The summed E-state index contributed by atoms with van der Waals surface area (Å²) in [5.41, 5.74) is 21.4. The van der Waals surface area contributed by atoms with E-state index in [2.05, 4.69) is 16.0 Å². The molecule has 5 amide bonds. The van der Waals surface area contributed by atoms with Gasteiger partial charge in [0.2, 0.25) is 29.5 Å². The van der Waals surface area contributed by atoms with Gasteiger partial charge in [0, 0.05) is 12.8 Å². The third-order valence-electron chi connectivity index (χ3n) is 5.16. The van der Waals surface area contributed by atoms with Gasteiger partial charge in [0.15, 0.2) is 0 Å². The van der Waals surface area contributed by atoms with Crippen LogP contribution in [0.2, 0.25) is 0 Å². The number of nitrogens with two attached hydrogens (primary N) is 4. The van der Waals surface area contributed by atoms with Gasteiger partial charge in [-0.15, -0.1) is 0 Å². The third-order valence-corrected chi connectivity index (χ3v) is 5.16. The highest BCUT2D eigenvalue weighted by molar-refractivity contribution is 5.94. The lowest BCUT2D eigenvalue weighted by atomic mass is 10.0. The quantitative estimate of drug-likeness (QED) is 0.0898. The average Bonchev–Trinajstić information content (AvgIpc) is 2.76. The van der Waals surface area contributed by atoms with Crippen LogP contribution >= 0.6 is 0 Å². The Bertz CT molecular complexity index is 760. The van der Waals surface area contributed by atoms with Gasteiger partial charge in [-0.3, -0.25) is 24.0 Å². The standard InChI is InChI=1S/C21H39N7O7/c1-11(2)17(28-18(31)12(23)6-8-15(24)29)20(33)26-13(5-3-4-10-22)19(32)27-14(21(34)35)7-9-16(25)30/h11-14,17H,3-10,22-23H2,1-2H3,(H2,24,29)(H2,25,30)(H,26,33)(H,27,32)(H,28,31)(H,34,35). The maximum absolute atomic E-state index is 13.0. The lowest BCUT2D eigenvalue weighted by Gasteiger charge is -2.27. The first-order valence-corrected chi connectivity index (χ1v) is 11.5. The second kappa shape index (κ2) is 16.4. The molecular formula is C21H39N7O7. The minimum Gasteiger partial charge on any atom is -0.480 e. The predicted molar refractivity (Wildman–Crippen MR) is 126 cm³/mol. The first-order valence-electron chi connectivity index (χ1n) is 11.5. The molecule has 0 fully saturated rings. The molecule has 0 aromatic rings. The van der Waals surface area contributed by atoms with E-state index < -0.39 is 65.6 Å². The Morgan fingerprint density at radius 1 is 0.743 bits per heavy atom. The third kappa shape index (κ3) is 13.3. The molecule has 4 unspecified atom stereocenters. The number of hydrogen-bond acceptors (Lipinski definition) is 8. The summed E-state index contributed by atoms with van der Waals surface area (Å²) < 4.78 is 0. The number of carbonyl (C=O) groups is 6. The molecule has 0 aliphatic rings. The van der Waals surface area contributed by atoms with Gasteiger partial charge in [0.1, 0.15) is 18.1 Å². The summed E-state index contributed by atoms with van der Waals surface area (Å²) in [5, 5.41) is 16.7. The molecule has 0 aromatic carbocycles. The average molecular weight is 502 g/mol. The molecule has 200 valence electrons. The van der Waals surface area contributed by atoms with Crippen molar-refractivity contribution >= 4 is 35.5 Å². The van der Waals surface area contributed by atoms with Crippen molar-refractivity contribution in [3.8, 4) is 0 Å². The highest BCUT2D eigenvalue weighted by Crippen LogP contribution is 2.08. The van der Waals surface area contributed by atoms with E-state index in [1.165, 1.54) is 0 Å². The molecule has 0 aliphatic carbocycles. The zero-order chi connectivity index (χ0) is 27.1. The molecule has 14 heteroatoms. The second-order valence-electron chi connectivity index (χ2n) is 8.59. The van der Waals surface area contributed by atoms with Crippen LogP contribution in [0.1, 0.15) is 58.8 Å². The molecule has 35 heavy (non-hydrogen) atoms. The summed E-state index contributed by atoms with van der Waals surface area (Å²) in [6.45, 7) is 3.70. The van der Waals surface area contributed by atoms with E-state index in [0.717, 1.165) is 0 Å². The largest absolute Gasteiger partial charge is 0.480 e. The first kappa shape index (κ1) is 31.7. The van der Waals surface area contributed by atoms with E-state index >= 15 is 0 Å². The number of amides is 5. The highest BCUT2D eigenvalue weighted by atomic mass is 16.4. The molecule has 0 aromatic heterocycles. The molecule has 0 radical (unpaired) electrons. The fourth-order valence-corrected chi connectivity index (χ4v) is 3.06. The first-order chi connectivity index (χ1) is 16.3. The van der Waals surface area contributed by atoms with E-state index in [-0.39, 0.29) is 32.1 Å². The van der Waals surface area contributed by atoms with Gasteiger partial charge in [-0.1, -0.05) is 13.8 Å². The van der Waals surface area contributed by atoms with Gasteiger partial charge < -0.3 is 44.0 Å². The molecule has 0 heterocycles. The summed E-state index contributed by atoms with van der Waals surface area (Å²) in [4.78, 5) is 71.6. The van der Waals surface area contributed by atoms with Crippen LogP contribution in [0.5, 0.6) is 0 Å². The lowest BCUT2D eigenvalue weighted by Crippen LogP contribution is -2.58. The maximum Gasteiger partial charge on any atom is 0.326 e. The van der Waals surface area contributed by atoms with Crippen molar-refractivity contribution in [2.24, 2.45) is 28.9 Å². The summed E-state index contributed by atoms with van der Waals surface area (Å²) >= 11 is 0. The summed E-state index contributed by atoms with van der Waals surface area (Å²) in [6.07, 6.45) is 0.615. The Balaban J connectivity index is 5.43. The smallest absolute Gasteiger partial charge is 0.326 e. The summed E-state index contributed by atoms with van der Waals surface area (Å²) in [5.74, 6) is -5.19. The van der Waals surface area contributed by atoms with Crippen LogP contribution in [0, 0.1) is 5.92 Å². The second-order valence-corrected chi connectivity index (χ2v) is 8.59.